The average molecular weight is 476 g/mol. The molecule has 8 heteroatoms. The molecule has 1 atom stereocenters. The third-order valence-electron chi connectivity index (χ3n) is 5.53. The van der Waals surface area contributed by atoms with E-state index in [2.05, 4.69) is 38.9 Å². The third kappa shape index (κ3) is 13.5. The van der Waals surface area contributed by atoms with E-state index < -0.39 is 6.10 Å². The fraction of sp³-hybridized carbons (Fsp3) is 0.654. The normalized spacial score (nSPS) is 13.2. The number of aliphatic imine (C=N–C) groups is 1. The zero-order chi connectivity index (χ0) is 25.2. The fourth-order valence-corrected chi connectivity index (χ4v) is 3.46. The highest BCUT2D eigenvalue weighted by Gasteiger charge is 2.15. The van der Waals surface area contributed by atoms with Crippen molar-refractivity contribution in [1.82, 2.24) is 19.7 Å². The Hall–Kier alpha value is -2.13. The lowest BCUT2D eigenvalue weighted by Crippen LogP contribution is -2.41. The monoisotopic (exact) mass is 475 g/mol. The number of unbranched alkanes of at least 4 members (excludes halogenated alkanes) is 1. The van der Waals surface area contributed by atoms with Crippen molar-refractivity contribution in [1.29, 1.82) is 0 Å². The van der Waals surface area contributed by atoms with Crippen LogP contribution in [0.2, 0.25) is 0 Å². The number of allylic oxidation sites excluding steroid dienone is 1. The number of hydrogen-bond acceptors (Lipinski definition) is 7. The van der Waals surface area contributed by atoms with E-state index in [1.54, 1.807) is 4.90 Å². The van der Waals surface area contributed by atoms with Crippen LogP contribution in [0.4, 0.5) is 0 Å². The number of likely N-dealkylation sites (N-methyl/N-ethyl adjacent to an activating group) is 2. The predicted molar refractivity (Wildman–Crippen MR) is 139 cm³/mol. The van der Waals surface area contributed by atoms with E-state index in [4.69, 9.17) is 5.11 Å². The van der Waals surface area contributed by atoms with Crippen LogP contribution in [-0.4, -0.2) is 108 Å². The van der Waals surface area contributed by atoms with E-state index in [1.807, 2.05) is 45.4 Å². The van der Waals surface area contributed by atoms with Gasteiger partial charge in [0.1, 0.15) is 0 Å². The van der Waals surface area contributed by atoms with E-state index >= 15 is 0 Å². The molecule has 0 spiro atoms. The number of nitrogens with zero attached hydrogens (tertiary/aromatic N) is 5. The maximum Gasteiger partial charge on any atom is 0.236 e. The highest BCUT2D eigenvalue weighted by atomic mass is 16.3. The maximum absolute atomic E-state index is 12.6. The molecule has 0 saturated carbocycles. The molecule has 0 bridgehead atoms. The molecule has 1 aromatic rings. The molecule has 2 N–H and O–H groups in total. The van der Waals surface area contributed by atoms with Gasteiger partial charge in [-0.2, -0.15) is 0 Å². The van der Waals surface area contributed by atoms with Crippen LogP contribution in [0.25, 0.3) is 0 Å². The molecule has 0 fully saturated rings. The Bertz CT molecular complexity index is 726. The van der Waals surface area contributed by atoms with Crippen LogP contribution < -0.4 is 0 Å². The molecule has 1 aromatic heterocycles. The van der Waals surface area contributed by atoms with Gasteiger partial charge in [0.25, 0.3) is 0 Å². The van der Waals surface area contributed by atoms with Crippen molar-refractivity contribution >= 4 is 11.6 Å². The summed E-state index contributed by atoms with van der Waals surface area (Å²) in [7, 11) is 3.79. The quantitative estimate of drug-likeness (QED) is 0.250. The molecule has 192 valence electrons. The van der Waals surface area contributed by atoms with Crippen LogP contribution in [0.3, 0.4) is 0 Å². The summed E-state index contributed by atoms with van der Waals surface area (Å²) < 4.78 is 0. The van der Waals surface area contributed by atoms with Gasteiger partial charge in [0.2, 0.25) is 5.91 Å². The lowest BCUT2D eigenvalue weighted by atomic mass is 10.1. The van der Waals surface area contributed by atoms with Crippen molar-refractivity contribution in [2.24, 2.45) is 4.99 Å². The number of carbonyl (C=O) groups is 1. The molecule has 8 nitrogen and oxygen atoms in total. The highest BCUT2D eigenvalue weighted by Crippen LogP contribution is 2.05. The van der Waals surface area contributed by atoms with Gasteiger partial charge in [-0.25, -0.2) is 0 Å². The summed E-state index contributed by atoms with van der Waals surface area (Å²) in [5.74, 6) is 0.0839. The second-order valence-electron chi connectivity index (χ2n) is 8.69. The Kier molecular flexibility index (Phi) is 16.0. The smallest absolute Gasteiger partial charge is 0.236 e. The lowest BCUT2D eigenvalue weighted by molar-refractivity contribution is -0.130. The first kappa shape index (κ1) is 29.9. The summed E-state index contributed by atoms with van der Waals surface area (Å²) in [6.07, 6.45) is 8.52. The average Bonchev–Trinajstić information content (AvgIpc) is 2.83. The van der Waals surface area contributed by atoms with Gasteiger partial charge in [0, 0.05) is 58.2 Å². The molecule has 1 rings (SSSR count). The van der Waals surface area contributed by atoms with Gasteiger partial charge in [0.15, 0.2) is 0 Å². The number of rotatable bonds is 18. The zero-order valence-corrected chi connectivity index (χ0v) is 21.6. The summed E-state index contributed by atoms with van der Waals surface area (Å²) in [5.41, 5.74) is 2.08. The summed E-state index contributed by atoms with van der Waals surface area (Å²) in [6.45, 7) is 8.74. The van der Waals surface area contributed by atoms with Crippen LogP contribution in [0, 0.1) is 0 Å². The van der Waals surface area contributed by atoms with Gasteiger partial charge in [-0.1, -0.05) is 19.1 Å². The minimum Gasteiger partial charge on any atom is -0.394 e. The molecule has 0 saturated heterocycles. The minimum atomic E-state index is -0.665. The van der Waals surface area contributed by atoms with E-state index in [0.29, 0.717) is 19.5 Å². The van der Waals surface area contributed by atoms with Crippen molar-refractivity contribution in [3.63, 3.8) is 0 Å². The summed E-state index contributed by atoms with van der Waals surface area (Å²) in [4.78, 5) is 27.9. The van der Waals surface area contributed by atoms with Crippen LogP contribution in [0.15, 0.2) is 41.5 Å². The van der Waals surface area contributed by atoms with Crippen LogP contribution in [0.5, 0.6) is 0 Å². The predicted octanol–water partition coefficient (Wildman–Crippen LogP) is 2.22. The standard InChI is InChI=1S/C26H45N5O3/c1-5-7-12-23(27-6-2)19-31(20-24-13-8-10-15-28-24)18-17-29(3)21-26(34)30(4)16-11-9-14-25(33)22-32/h7-8,10,12-13,15,25,32-33H,5-6,9,11,14,16-22H2,1-4H3/b12-7-,27-23?/t25-/m1/s1. The molecule has 0 aliphatic heterocycles. The Balaban J connectivity index is 2.60. The van der Waals surface area contributed by atoms with Crippen molar-refractivity contribution in [3.05, 3.63) is 42.2 Å². The molecule has 0 aliphatic carbocycles. The molecule has 0 unspecified atom stereocenters. The highest BCUT2D eigenvalue weighted by molar-refractivity contribution is 5.96. The van der Waals surface area contributed by atoms with Crippen LogP contribution >= 0.6 is 0 Å². The van der Waals surface area contributed by atoms with Crippen molar-refractivity contribution in [2.75, 3.05) is 60.0 Å². The molecular weight excluding hydrogens is 430 g/mol. The lowest BCUT2D eigenvalue weighted by Gasteiger charge is -2.26. The Morgan fingerprint density at radius 3 is 2.59 bits per heavy atom. The Labute approximate surface area is 206 Å². The number of aliphatic hydroxyl groups excluding tert-OH is 2. The van der Waals surface area contributed by atoms with E-state index in [0.717, 1.165) is 63.4 Å². The molecule has 1 amide bonds. The first-order chi connectivity index (χ1) is 16.4. The second kappa shape index (κ2) is 18.2. The van der Waals surface area contributed by atoms with Gasteiger partial charge >= 0.3 is 0 Å². The van der Waals surface area contributed by atoms with E-state index in [1.165, 1.54) is 0 Å². The van der Waals surface area contributed by atoms with Crippen LogP contribution in [-0.2, 0) is 11.3 Å². The molecular formula is C26H45N5O3. The van der Waals surface area contributed by atoms with E-state index in [9.17, 15) is 9.90 Å². The minimum absolute atomic E-state index is 0.0839. The Morgan fingerprint density at radius 1 is 1.15 bits per heavy atom. The molecule has 0 radical (unpaired) electrons. The topological polar surface area (TPSA) is 92.5 Å². The number of aliphatic hydroxyl groups is 2. The largest absolute Gasteiger partial charge is 0.394 e. The number of pyridine rings is 1. The number of carbonyl (C=O) groups excluding carboxylic acids is 1. The number of aromatic nitrogens is 1. The van der Waals surface area contributed by atoms with Gasteiger partial charge in [-0.05, 0) is 57.9 Å². The number of hydrogen-bond donors (Lipinski definition) is 2. The molecule has 34 heavy (non-hydrogen) atoms. The van der Waals surface area contributed by atoms with Crippen molar-refractivity contribution in [2.45, 2.75) is 52.2 Å². The maximum atomic E-state index is 12.6. The van der Waals surface area contributed by atoms with E-state index in [-0.39, 0.29) is 12.5 Å². The first-order valence-electron chi connectivity index (χ1n) is 12.4. The summed E-state index contributed by atoms with van der Waals surface area (Å²) in [5, 5.41) is 18.3. The Morgan fingerprint density at radius 2 is 1.94 bits per heavy atom. The molecule has 0 aliphatic rings. The van der Waals surface area contributed by atoms with Gasteiger partial charge in [0.05, 0.1) is 24.9 Å². The SMILES string of the molecule is CC/C=C\C(CN(CCN(C)CC(=O)N(C)CCCC[C@@H](O)CO)Cc1ccccn1)=NCC. The zero-order valence-electron chi connectivity index (χ0n) is 21.6. The summed E-state index contributed by atoms with van der Waals surface area (Å²) >= 11 is 0. The second-order valence-corrected chi connectivity index (χ2v) is 8.69. The van der Waals surface area contributed by atoms with Crippen molar-refractivity contribution in [3.8, 4) is 0 Å². The van der Waals surface area contributed by atoms with Gasteiger partial charge in [-0.15, -0.1) is 0 Å². The van der Waals surface area contributed by atoms with Crippen LogP contribution in [0.1, 0.15) is 45.2 Å². The number of amides is 1. The fourth-order valence-electron chi connectivity index (χ4n) is 3.46. The van der Waals surface area contributed by atoms with Gasteiger partial charge in [-0.3, -0.25) is 24.6 Å². The molecule has 1 heterocycles. The van der Waals surface area contributed by atoms with Crippen molar-refractivity contribution < 1.29 is 15.0 Å². The first-order valence-corrected chi connectivity index (χ1v) is 12.4. The third-order valence-corrected chi connectivity index (χ3v) is 5.53. The van der Waals surface area contributed by atoms with Gasteiger partial charge < -0.3 is 15.1 Å². The molecule has 0 aromatic carbocycles. The summed E-state index contributed by atoms with van der Waals surface area (Å²) in [6, 6.07) is 5.96.